The first-order chi connectivity index (χ1) is 13.8. The summed E-state index contributed by atoms with van der Waals surface area (Å²) in [5.74, 6) is -1.000. The average molecular weight is 437 g/mol. The van der Waals surface area contributed by atoms with Crippen LogP contribution in [0.4, 0.5) is 10.1 Å². The lowest BCUT2D eigenvalue weighted by Crippen LogP contribution is -2.53. The minimum absolute atomic E-state index is 0.0234. The first kappa shape index (κ1) is 20.6. The summed E-state index contributed by atoms with van der Waals surface area (Å²) < 4.78 is 15.1. The zero-order chi connectivity index (χ0) is 20.9. The average Bonchev–Trinajstić information content (AvgIpc) is 3.13. The van der Waals surface area contributed by atoms with Gasteiger partial charge in [0.05, 0.1) is 11.6 Å². The SMILES string of the molecule is CC(C)CN1[C@@H](CO)C[C@H](c2cccc(Cl)c2F)[C@]12C(=O)Nc1cc(Cl)ccc12. The van der Waals surface area contributed by atoms with Crippen LogP contribution >= 0.6 is 23.2 Å². The molecule has 0 saturated carbocycles. The van der Waals surface area contributed by atoms with Crippen LogP contribution in [0.2, 0.25) is 10.0 Å². The first-order valence-electron chi connectivity index (χ1n) is 9.73. The summed E-state index contributed by atoms with van der Waals surface area (Å²) in [6, 6.07) is 9.89. The number of aliphatic hydroxyl groups is 1. The third kappa shape index (κ3) is 3.07. The molecule has 0 radical (unpaired) electrons. The zero-order valence-corrected chi connectivity index (χ0v) is 17.8. The minimum Gasteiger partial charge on any atom is -0.395 e. The summed E-state index contributed by atoms with van der Waals surface area (Å²) in [7, 11) is 0. The Kier molecular flexibility index (Phi) is 5.36. The maximum atomic E-state index is 15.1. The number of anilines is 1. The second kappa shape index (κ2) is 7.55. The molecular weight excluding hydrogens is 414 g/mol. The molecule has 2 aromatic carbocycles. The molecular formula is C22H23Cl2FN2O2. The third-order valence-electron chi connectivity index (χ3n) is 6.02. The minimum atomic E-state index is -1.14. The van der Waals surface area contributed by atoms with Crippen LogP contribution in [0.5, 0.6) is 0 Å². The van der Waals surface area contributed by atoms with Gasteiger partial charge in [-0.1, -0.05) is 55.2 Å². The van der Waals surface area contributed by atoms with Crippen molar-refractivity contribution in [2.24, 2.45) is 5.92 Å². The van der Waals surface area contributed by atoms with E-state index < -0.39 is 17.3 Å². The molecule has 2 heterocycles. The Labute approximate surface area is 179 Å². The smallest absolute Gasteiger partial charge is 0.250 e. The van der Waals surface area contributed by atoms with Gasteiger partial charge in [0.1, 0.15) is 11.4 Å². The number of aliphatic hydroxyl groups excluding tert-OH is 1. The second-order valence-electron chi connectivity index (χ2n) is 8.22. The van der Waals surface area contributed by atoms with Gasteiger partial charge in [0.2, 0.25) is 5.91 Å². The van der Waals surface area contributed by atoms with Gasteiger partial charge in [-0.25, -0.2) is 4.39 Å². The Morgan fingerprint density at radius 3 is 2.76 bits per heavy atom. The summed E-state index contributed by atoms with van der Waals surface area (Å²) in [5, 5.41) is 13.6. The topological polar surface area (TPSA) is 52.6 Å². The standard InChI is InChI=1S/C22H23Cl2FN2O2/c1-12(2)10-27-14(11-28)9-17(15-4-3-5-18(24)20(15)25)22(27)16-7-6-13(23)8-19(16)26-21(22)29/h3-8,12,14,17,28H,9-11H2,1-2H3,(H,26,29)/t14-,17-,22-/m1/s1. The number of hydrogen-bond donors (Lipinski definition) is 2. The molecule has 4 nitrogen and oxygen atoms in total. The van der Waals surface area contributed by atoms with Crippen molar-refractivity contribution < 1.29 is 14.3 Å². The molecule has 2 aromatic rings. The van der Waals surface area contributed by atoms with E-state index in [0.717, 1.165) is 5.56 Å². The molecule has 154 valence electrons. The van der Waals surface area contributed by atoms with Crippen LogP contribution in [0.3, 0.4) is 0 Å². The van der Waals surface area contributed by atoms with E-state index in [1.54, 1.807) is 24.3 Å². The van der Waals surface area contributed by atoms with Gasteiger partial charge in [0.25, 0.3) is 0 Å². The predicted octanol–water partition coefficient (Wildman–Crippen LogP) is 4.79. The van der Waals surface area contributed by atoms with Gasteiger partial charge >= 0.3 is 0 Å². The fraction of sp³-hybridized carbons (Fsp3) is 0.409. The second-order valence-corrected chi connectivity index (χ2v) is 9.07. The van der Waals surface area contributed by atoms with E-state index in [4.69, 9.17) is 23.2 Å². The molecule has 1 fully saturated rings. The quantitative estimate of drug-likeness (QED) is 0.724. The number of halogens is 3. The largest absolute Gasteiger partial charge is 0.395 e. The highest BCUT2D eigenvalue weighted by Gasteiger charge is 2.63. The van der Waals surface area contributed by atoms with Gasteiger partial charge in [0.15, 0.2) is 0 Å². The Hall–Kier alpha value is -1.66. The summed E-state index contributed by atoms with van der Waals surface area (Å²) in [6.07, 6.45) is 0.440. The molecule has 0 bridgehead atoms. The summed E-state index contributed by atoms with van der Waals surface area (Å²) in [6.45, 7) is 4.58. The van der Waals surface area contributed by atoms with Crippen LogP contribution in [0.25, 0.3) is 0 Å². The first-order valence-corrected chi connectivity index (χ1v) is 10.5. The Bertz CT molecular complexity index is 968. The molecule has 1 spiro atoms. The number of nitrogens with one attached hydrogen (secondary N) is 1. The molecule has 2 aliphatic rings. The van der Waals surface area contributed by atoms with E-state index in [2.05, 4.69) is 19.2 Å². The molecule has 2 N–H and O–H groups in total. The van der Waals surface area contributed by atoms with E-state index in [1.165, 1.54) is 6.07 Å². The monoisotopic (exact) mass is 436 g/mol. The highest BCUT2D eigenvalue weighted by Crippen LogP contribution is 2.57. The lowest BCUT2D eigenvalue weighted by molar-refractivity contribution is -0.128. The number of nitrogens with zero attached hydrogens (tertiary/aromatic N) is 1. The van der Waals surface area contributed by atoms with Crippen LogP contribution in [0.1, 0.15) is 37.3 Å². The lowest BCUT2D eigenvalue weighted by atomic mass is 9.75. The molecule has 2 aliphatic heterocycles. The Balaban J connectivity index is 1.99. The maximum Gasteiger partial charge on any atom is 0.250 e. The van der Waals surface area contributed by atoms with Crippen molar-refractivity contribution in [3.63, 3.8) is 0 Å². The fourth-order valence-electron chi connectivity index (χ4n) is 4.98. The molecule has 0 aromatic heterocycles. The summed E-state index contributed by atoms with van der Waals surface area (Å²) in [4.78, 5) is 15.6. The number of carbonyl (C=O) groups is 1. The number of hydrogen-bond acceptors (Lipinski definition) is 3. The van der Waals surface area contributed by atoms with Gasteiger partial charge in [-0.05, 0) is 36.1 Å². The highest BCUT2D eigenvalue weighted by atomic mass is 35.5. The van der Waals surface area contributed by atoms with Crippen LogP contribution in [-0.2, 0) is 10.3 Å². The zero-order valence-electron chi connectivity index (χ0n) is 16.3. The van der Waals surface area contributed by atoms with Crippen LogP contribution in [0, 0.1) is 11.7 Å². The van der Waals surface area contributed by atoms with Crippen molar-refractivity contribution in [2.45, 2.75) is 37.8 Å². The van der Waals surface area contributed by atoms with Crippen LogP contribution < -0.4 is 5.32 Å². The number of fused-ring (bicyclic) bond motifs is 2. The number of likely N-dealkylation sites (tertiary alicyclic amines) is 1. The van der Waals surface area contributed by atoms with E-state index in [1.807, 2.05) is 11.0 Å². The van der Waals surface area contributed by atoms with Crippen molar-refractivity contribution in [3.8, 4) is 0 Å². The van der Waals surface area contributed by atoms with Gasteiger partial charge in [0, 0.05) is 34.8 Å². The highest BCUT2D eigenvalue weighted by molar-refractivity contribution is 6.31. The van der Waals surface area contributed by atoms with E-state index >= 15 is 4.39 Å². The van der Waals surface area contributed by atoms with Crippen molar-refractivity contribution in [2.75, 3.05) is 18.5 Å². The fourth-order valence-corrected chi connectivity index (χ4v) is 5.34. The lowest BCUT2D eigenvalue weighted by Gasteiger charge is -2.40. The molecule has 3 atom stereocenters. The van der Waals surface area contributed by atoms with E-state index in [9.17, 15) is 9.90 Å². The van der Waals surface area contributed by atoms with Crippen LogP contribution in [0.15, 0.2) is 36.4 Å². The number of benzene rings is 2. The number of amides is 1. The molecule has 0 aliphatic carbocycles. The molecule has 0 unspecified atom stereocenters. The van der Waals surface area contributed by atoms with Gasteiger partial charge in [-0.15, -0.1) is 0 Å². The van der Waals surface area contributed by atoms with E-state index in [-0.39, 0.29) is 29.5 Å². The molecule has 7 heteroatoms. The summed E-state index contributed by atoms with van der Waals surface area (Å²) in [5.41, 5.74) is 0.638. The van der Waals surface area contributed by atoms with Gasteiger partial charge in [-0.3, -0.25) is 9.69 Å². The number of carbonyl (C=O) groups excluding carboxylic acids is 1. The van der Waals surface area contributed by atoms with Crippen molar-refractivity contribution in [1.29, 1.82) is 0 Å². The van der Waals surface area contributed by atoms with Crippen molar-refractivity contribution in [3.05, 3.63) is 63.4 Å². The number of rotatable bonds is 4. The van der Waals surface area contributed by atoms with Crippen molar-refractivity contribution >= 4 is 34.8 Å². The third-order valence-corrected chi connectivity index (χ3v) is 6.55. The molecule has 4 rings (SSSR count). The normalized spacial score (nSPS) is 26.4. The molecule has 29 heavy (non-hydrogen) atoms. The molecule has 1 amide bonds. The maximum absolute atomic E-state index is 15.1. The van der Waals surface area contributed by atoms with Crippen LogP contribution in [-0.4, -0.2) is 35.1 Å². The van der Waals surface area contributed by atoms with E-state index in [0.29, 0.717) is 29.2 Å². The summed E-state index contributed by atoms with van der Waals surface area (Å²) >= 11 is 12.2. The predicted molar refractivity (Wildman–Crippen MR) is 113 cm³/mol. The van der Waals surface area contributed by atoms with Crippen molar-refractivity contribution in [1.82, 2.24) is 4.90 Å². The molecule has 1 saturated heterocycles. The Morgan fingerprint density at radius 1 is 1.31 bits per heavy atom. The Morgan fingerprint density at radius 2 is 2.07 bits per heavy atom. The van der Waals surface area contributed by atoms with Gasteiger partial charge in [-0.2, -0.15) is 0 Å². The van der Waals surface area contributed by atoms with Gasteiger partial charge < -0.3 is 10.4 Å².